The molecule has 2 aromatic carbocycles. The molecular weight excluding hydrogens is 565 g/mol. The molecule has 0 aromatic heterocycles. The number of ether oxygens (including phenoxy) is 4. The van der Waals surface area contributed by atoms with E-state index in [1.807, 2.05) is 45.0 Å². The van der Waals surface area contributed by atoms with E-state index in [-0.39, 0.29) is 30.0 Å². The number of hydrogen-bond acceptors (Lipinski definition) is 6. The molecule has 8 nitrogen and oxygen atoms in total. The van der Waals surface area contributed by atoms with E-state index in [2.05, 4.69) is 0 Å². The molecule has 43 heavy (non-hydrogen) atoms. The Bertz CT molecular complexity index is 1290. The van der Waals surface area contributed by atoms with Crippen LogP contribution in [0, 0.1) is 5.41 Å². The normalized spacial score (nSPS) is 20.3. The summed E-state index contributed by atoms with van der Waals surface area (Å²) < 4.78 is 65.7. The zero-order valence-electron chi connectivity index (χ0n) is 25.6. The van der Waals surface area contributed by atoms with Gasteiger partial charge in [0.15, 0.2) is 0 Å². The Morgan fingerprint density at radius 1 is 0.837 bits per heavy atom. The molecule has 2 atom stereocenters. The van der Waals surface area contributed by atoms with Crippen molar-refractivity contribution < 1.29 is 41.7 Å². The fourth-order valence-electron chi connectivity index (χ4n) is 6.44. The van der Waals surface area contributed by atoms with E-state index in [0.29, 0.717) is 43.9 Å². The number of hydrogen-bond donors (Lipinski definition) is 0. The molecule has 0 N–H and O–H groups in total. The summed E-state index contributed by atoms with van der Waals surface area (Å²) in [6.07, 6.45) is -3.93. The number of methoxy groups -OCH3 is 3. The quantitative estimate of drug-likeness (QED) is 0.393. The summed E-state index contributed by atoms with van der Waals surface area (Å²) in [4.78, 5) is 29.8. The van der Waals surface area contributed by atoms with Gasteiger partial charge in [-0.3, -0.25) is 4.79 Å². The Morgan fingerprint density at radius 2 is 1.42 bits per heavy atom. The topological polar surface area (TPSA) is 77.5 Å². The SMILES string of the molecule is COc1ccc(C(OC)(C(=O)N2CCC3(CCN(C(=O)OC(C)(C)C)CC3c3ccccc3OC)CC2)C(F)(F)F)cc1. The number of piperidine rings is 2. The molecule has 236 valence electrons. The van der Waals surface area contributed by atoms with Gasteiger partial charge in [0.25, 0.3) is 11.5 Å². The zero-order chi connectivity index (χ0) is 31.6. The first kappa shape index (κ1) is 32.4. The molecule has 2 aliphatic rings. The van der Waals surface area contributed by atoms with Crippen molar-refractivity contribution in [3.63, 3.8) is 0 Å². The third-order valence-electron chi connectivity index (χ3n) is 8.74. The lowest BCUT2D eigenvalue weighted by Gasteiger charge is -2.52. The predicted octanol–water partition coefficient (Wildman–Crippen LogP) is 6.14. The van der Waals surface area contributed by atoms with Crippen molar-refractivity contribution in [2.75, 3.05) is 47.5 Å². The maximum atomic E-state index is 14.7. The summed E-state index contributed by atoms with van der Waals surface area (Å²) in [5, 5.41) is 0. The van der Waals surface area contributed by atoms with Crippen LogP contribution < -0.4 is 9.47 Å². The Morgan fingerprint density at radius 3 is 1.93 bits per heavy atom. The third-order valence-corrected chi connectivity index (χ3v) is 8.74. The van der Waals surface area contributed by atoms with Gasteiger partial charge in [-0.1, -0.05) is 30.3 Å². The van der Waals surface area contributed by atoms with Crippen molar-refractivity contribution in [2.45, 2.75) is 63.3 Å². The molecule has 0 aliphatic carbocycles. The molecule has 0 radical (unpaired) electrons. The first-order valence-electron chi connectivity index (χ1n) is 14.4. The van der Waals surface area contributed by atoms with Crippen molar-refractivity contribution in [2.24, 2.45) is 5.41 Å². The maximum absolute atomic E-state index is 14.7. The van der Waals surface area contributed by atoms with E-state index in [0.717, 1.165) is 12.7 Å². The Balaban J connectivity index is 1.63. The predicted molar refractivity (Wildman–Crippen MR) is 154 cm³/mol. The van der Waals surface area contributed by atoms with Crippen LogP contribution in [0.2, 0.25) is 0 Å². The van der Waals surface area contributed by atoms with Crippen LogP contribution in [0.15, 0.2) is 48.5 Å². The van der Waals surface area contributed by atoms with Crippen LogP contribution in [0.4, 0.5) is 18.0 Å². The number of nitrogens with zero attached hydrogens (tertiary/aromatic N) is 2. The first-order chi connectivity index (χ1) is 20.2. The number of carbonyl (C=O) groups excluding carboxylic acids is 2. The van der Waals surface area contributed by atoms with Gasteiger partial charge in [-0.15, -0.1) is 0 Å². The lowest BCUT2D eigenvalue weighted by atomic mass is 9.62. The highest BCUT2D eigenvalue weighted by Crippen LogP contribution is 2.53. The van der Waals surface area contributed by atoms with Gasteiger partial charge in [-0.25, -0.2) is 4.79 Å². The highest BCUT2D eigenvalue weighted by atomic mass is 19.4. The molecule has 2 heterocycles. The number of rotatable bonds is 6. The average molecular weight is 607 g/mol. The van der Waals surface area contributed by atoms with E-state index in [1.165, 1.54) is 36.3 Å². The Labute approximate surface area is 251 Å². The van der Waals surface area contributed by atoms with Crippen molar-refractivity contribution in [1.82, 2.24) is 9.80 Å². The molecule has 2 aromatic rings. The molecule has 4 rings (SSSR count). The average Bonchev–Trinajstić information content (AvgIpc) is 2.97. The van der Waals surface area contributed by atoms with Gasteiger partial charge in [-0.2, -0.15) is 13.2 Å². The summed E-state index contributed by atoms with van der Waals surface area (Å²) in [5.41, 5.74) is -3.60. The summed E-state index contributed by atoms with van der Waals surface area (Å²) in [5.74, 6) is -0.295. The number of amides is 2. The second kappa shape index (κ2) is 12.3. The van der Waals surface area contributed by atoms with Crippen molar-refractivity contribution >= 4 is 12.0 Å². The molecule has 11 heteroatoms. The molecule has 2 saturated heterocycles. The lowest BCUT2D eigenvalue weighted by molar-refractivity contribution is -0.271. The lowest BCUT2D eigenvalue weighted by Crippen LogP contribution is -2.60. The Kier molecular flexibility index (Phi) is 9.25. The van der Waals surface area contributed by atoms with Crippen molar-refractivity contribution in [3.8, 4) is 11.5 Å². The van der Waals surface area contributed by atoms with Crippen LogP contribution >= 0.6 is 0 Å². The highest BCUT2D eigenvalue weighted by Gasteiger charge is 2.64. The number of likely N-dealkylation sites (tertiary alicyclic amines) is 2. The molecule has 1 spiro atoms. The van der Waals surface area contributed by atoms with Gasteiger partial charge in [0.05, 0.1) is 14.2 Å². The van der Waals surface area contributed by atoms with Gasteiger partial charge in [0, 0.05) is 44.8 Å². The fraction of sp³-hybridized carbons (Fsp3) is 0.562. The van der Waals surface area contributed by atoms with E-state index in [4.69, 9.17) is 18.9 Å². The maximum Gasteiger partial charge on any atom is 0.430 e. The van der Waals surface area contributed by atoms with Crippen LogP contribution in [0.1, 0.15) is 57.1 Å². The number of benzene rings is 2. The van der Waals surface area contributed by atoms with Gasteiger partial charge < -0.3 is 28.7 Å². The van der Waals surface area contributed by atoms with E-state index in [9.17, 15) is 22.8 Å². The number of halogens is 3. The van der Waals surface area contributed by atoms with Crippen LogP contribution in [0.25, 0.3) is 0 Å². The molecule has 2 amide bonds. The minimum absolute atomic E-state index is 0.105. The monoisotopic (exact) mass is 606 g/mol. The zero-order valence-corrected chi connectivity index (χ0v) is 25.6. The standard InChI is InChI=1S/C32H41F3N2O6/c1-29(2,3)43-28(39)37-20-17-30(25(21-37)24-9-7-8-10-26(24)41-5)15-18-36(19-16-30)27(38)31(42-6,32(33,34)35)22-11-13-23(40-4)14-12-22/h7-14,25H,15-21H2,1-6H3. The largest absolute Gasteiger partial charge is 0.497 e. The fourth-order valence-corrected chi connectivity index (χ4v) is 6.44. The van der Waals surface area contributed by atoms with Crippen LogP contribution in [0.5, 0.6) is 11.5 Å². The summed E-state index contributed by atoms with van der Waals surface area (Å²) in [6.45, 7) is 6.45. The highest BCUT2D eigenvalue weighted by molar-refractivity contribution is 5.88. The Hall–Kier alpha value is -3.47. The van der Waals surface area contributed by atoms with Crippen LogP contribution in [-0.4, -0.2) is 81.1 Å². The molecule has 0 bridgehead atoms. The smallest absolute Gasteiger partial charge is 0.430 e. The number of carbonyl (C=O) groups is 2. The summed E-state index contributed by atoms with van der Waals surface area (Å²) in [7, 11) is 3.90. The second-order valence-electron chi connectivity index (χ2n) is 12.2. The summed E-state index contributed by atoms with van der Waals surface area (Å²) >= 11 is 0. The second-order valence-corrected chi connectivity index (χ2v) is 12.2. The molecule has 2 fully saturated rings. The third kappa shape index (κ3) is 6.27. The van der Waals surface area contributed by atoms with Gasteiger partial charge in [0.2, 0.25) is 0 Å². The first-order valence-corrected chi connectivity index (χ1v) is 14.4. The van der Waals surface area contributed by atoms with E-state index in [1.54, 1.807) is 12.0 Å². The van der Waals surface area contributed by atoms with Gasteiger partial charge in [0.1, 0.15) is 17.1 Å². The molecule has 2 aliphatic heterocycles. The van der Waals surface area contributed by atoms with Crippen molar-refractivity contribution in [3.05, 3.63) is 59.7 Å². The van der Waals surface area contributed by atoms with E-state index < -0.39 is 29.4 Å². The molecule has 2 unspecified atom stereocenters. The minimum atomic E-state index is -5.01. The van der Waals surface area contributed by atoms with Gasteiger partial charge >= 0.3 is 12.3 Å². The summed E-state index contributed by atoms with van der Waals surface area (Å²) in [6, 6.07) is 12.8. The van der Waals surface area contributed by atoms with E-state index >= 15 is 0 Å². The number of para-hydroxylation sites is 1. The number of alkyl halides is 3. The van der Waals surface area contributed by atoms with Crippen molar-refractivity contribution in [1.29, 1.82) is 0 Å². The van der Waals surface area contributed by atoms with Crippen LogP contribution in [-0.2, 0) is 19.9 Å². The van der Waals surface area contributed by atoms with Crippen LogP contribution in [0.3, 0.4) is 0 Å². The minimum Gasteiger partial charge on any atom is -0.497 e. The molecular formula is C32H41F3N2O6. The van der Waals surface area contributed by atoms with Gasteiger partial charge in [-0.05, 0) is 69.2 Å². The molecule has 0 saturated carbocycles.